The maximum Gasteiger partial charge on any atom is 0.263 e. The molecule has 0 aliphatic carbocycles. The van der Waals surface area contributed by atoms with E-state index in [9.17, 15) is 9.18 Å². The standard InChI is InChI=1S/C17H23FN2O2.ClH/c1-13(22-15-5-3-2-4-14(15)18)16(21)20-10-7-17(8-11-20)6-9-19-12-17;/h2-5,13,19H,6-12H2,1H3;1H. The van der Waals surface area contributed by atoms with E-state index in [1.54, 1.807) is 25.1 Å². The maximum absolute atomic E-state index is 13.6. The molecule has 3 rings (SSSR count). The summed E-state index contributed by atoms with van der Waals surface area (Å²) in [7, 11) is 0. The van der Waals surface area contributed by atoms with E-state index < -0.39 is 11.9 Å². The molecule has 1 amide bonds. The monoisotopic (exact) mass is 342 g/mol. The number of carbonyl (C=O) groups is 1. The van der Waals surface area contributed by atoms with Crippen molar-refractivity contribution in [1.82, 2.24) is 10.2 Å². The molecule has 2 aliphatic rings. The van der Waals surface area contributed by atoms with Crippen molar-refractivity contribution in [3.8, 4) is 5.75 Å². The summed E-state index contributed by atoms with van der Waals surface area (Å²) < 4.78 is 19.1. The van der Waals surface area contributed by atoms with E-state index >= 15 is 0 Å². The number of ether oxygens (including phenoxy) is 1. The number of rotatable bonds is 3. The Morgan fingerprint density at radius 2 is 2.00 bits per heavy atom. The molecule has 1 aromatic carbocycles. The average molecular weight is 343 g/mol. The number of carbonyl (C=O) groups excluding carboxylic acids is 1. The van der Waals surface area contributed by atoms with Crippen molar-refractivity contribution >= 4 is 18.3 Å². The highest BCUT2D eigenvalue weighted by Gasteiger charge is 2.38. The van der Waals surface area contributed by atoms with Gasteiger partial charge in [-0.25, -0.2) is 4.39 Å². The first-order valence-electron chi connectivity index (χ1n) is 8.00. The summed E-state index contributed by atoms with van der Waals surface area (Å²) in [5.74, 6) is -0.349. The van der Waals surface area contributed by atoms with Gasteiger partial charge in [-0.15, -0.1) is 12.4 Å². The van der Waals surface area contributed by atoms with Gasteiger partial charge in [-0.2, -0.15) is 0 Å². The number of nitrogens with one attached hydrogen (secondary N) is 1. The second-order valence-corrected chi connectivity index (χ2v) is 6.44. The highest BCUT2D eigenvalue weighted by atomic mass is 35.5. The molecule has 0 bridgehead atoms. The zero-order valence-corrected chi connectivity index (χ0v) is 14.2. The summed E-state index contributed by atoms with van der Waals surface area (Å²) in [5.41, 5.74) is 0.381. The molecule has 0 saturated carbocycles. The number of amides is 1. The number of hydrogen-bond donors (Lipinski definition) is 1. The van der Waals surface area contributed by atoms with E-state index in [1.165, 1.54) is 12.5 Å². The van der Waals surface area contributed by atoms with Gasteiger partial charge in [-0.3, -0.25) is 4.79 Å². The van der Waals surface area contributed by atoms with Gasteiger partial charge in [0.05, 0.1) is 0 Å². The Morgan fingerprint density at radius 3 is 2.61 bits per heavy atom. The number of likely N-dealkylation sites (tertiary alicyclic amines) is 1. The summed E-state index contributed by atoms with van der Waals surface area (Å²) in [6.45, 7) is 5.38. The van der Waals surface area contributed by atoms with E-state index in [-0.39, 0.29) is 24.1 Å². The fourth-order valence-corrected chi connectivity index (χ4v) is 3.46. The number of benzene rings is 1. The number of nitrogens with zero attached hydrogens (tertiary/aromatic N) is 1. The second-order valence-electron chi connectivity index (χ2n) is 6.44. The number of para-hydroxylation sites is 1. The van der Waals surface area contributed by atoms with Crippen molar-refractivity contribution in [2.75, 3.05) is 26.2 Å². The summed E-state index contributed by atoms with van der Waals surface area (Å²) in [6.07, 6.45) is 2.62. The molecule has 2 saturated heterocycles. The quantitative estimate of drug-likeness (QED) is 0.918. The van der Waals surface area contributed by atoms with Gasteiger partial charge in [0.25, 0.3) is 5.91 Å². The Labute approximate surface area is 142 Å². The first kappa shape index (κ1) is 18.0. The predicted octanol–water partition coefficient (Wildman–Crippen LogP) is 2.62. The predicted molar refractivity (Wildman–Crippen MR) is 89.5 cm³/mol. The lowest BCUT2D eigenvalue weighted by Crippen LogP contribution is -2.48. The molecule has 2 heterocycles. The van der Waals surface area contributed by atoms with Crippen LogP contribution in [0.5, 0.6) is 5.75 Å². The fourth-order valence-electron chi connectivity index (χ4n) is 3.46. The van der Waals surface area contributed by atoms with Gasteiger partial charge in [0.2, 0.25) is 0 Å². The van der Waals surface area contributed by atoms with Gasteiger partial charge in [0.1, 0.15) is 0 Å². The van der Waals surface area contributed by atoms with Crippen molar-refractivity contribution in [2.45, 2.75) is 32.3 Å². The molecule has 2 fully saturated rings. The average Bonchev–Trinajstić information content (AvgIpc) is 2.98. The van der Waals surface area contributed by atoms with E-state index in [1.807, 2.05) is 4.90 Å². The molecule has 128 valence electrons. The van der Waals surface area contributed by atoms with Crippen LogP contribution in [0.2, 0.25) is 0 Å². The summed E-state index contributed by atoms with van der Waals surface area (Å²) in [6, 6.07) is 6.19. The minimum absolute atomic E-state index is 0. The minimum Gasteiger partial charge on any atom is -0.478 e. The third-order valence-electron chi connectivity index (χ3n) is 4.96. The van der Waals surface area contributed by atoms with Crippen LogP contribution in [0.1, 0.15) is 26.2 Å². The van der Waals surface area contributed by atoms with Gasteiger partial charge in [-0.1, -0.05) is 12.1 Å². The van der Waals surface area contributed by atoms with Crippen LogP contribution < -0.4 is 10.1 Å². The largest absolute Gasteiger partial charge is 0.478 e. The lowest BCUT2D eigenvalue weighted by molar-refractivity contribution is -0.140. The van der Waals surface area contributed by atoms with Crippen LogP contribution in [0, 0.1) is 11.2 Å². The van der Waals surface area contributed by atoms with Gasteiger partial charge in [-0.05, 0) is 50.3 Å². The zero-order chi connectivity index (χ0) is 15.6. The lowest BCUT2D eigenvalue weighted by Gasteiger charge is -2.39. The van der Waals surface area contributed by atoms with Gasteiger partial charge >= 0.3 is 0 Å². The Morgan fingerprint density at radius 1 is 1.30 bits per heavy atom. The Bertz CT molecular complexity index is 539. The van der Waals surface area contributed by atoms with Crippen LogP contribution in [-0.4, -0.2) is 43.1 Å². The highest BCUT2D eigenvalue weighted by molar-refractivity contribution is 5.85. The molecular formula is C17H24ClFN2O2. The topological polar surface area (TPSA) is 41.6 Å². The van der Waals surface area contributed by atoms with Gasteiger partial charge in [0.15, 0.2) is 17.7 Å². The third kappa shape index (κ3) is 3.96. The Kier molecular flexibility index (Phi) is 5.87. The Hall–Kier alpha value is -1.33. The van der Waals surface area contributed by atoms with Crippen LogP contribution in [0.4, 0.5) is 4.39 Å². The molecule has 2 aliphatic heterocycles. The van der Waals surface area contributed by atoms with Crippen LogP contribution in [0.25, 0.3) is 0 Å². The van der Waals surface area contributed by atoms with Crippen LogP contribution >= 0.6 is 12.4 Å². The molecular weight excluding hydrogens is 319 g/mol. The Balaban J connectivity index is 0.00000192. The molecule has 1 N–H and O–H groups in total. The van der Waals surface area contributed by atoms with Crippen molar-refractivity contribution in [1.29, 1.82) is 0 Å². The molecule has 1 unspecified atom stereocenters. The molecule has 4 nitrogen and oxygen atoms in total. The van der Waals surface area contributed by atoms with Crippen LogP contribution in [-0.2, 0) is 4.79 Å². The number of halogens is 2. The van der Waals surface area contributed by atoms with Crippen LogP contribution in [0.3, 0.4) is 0 Å². The van der Waals surface area contributed by atoms with Gasteiger partial charge < -0.3 is 15.0 Å². The maximum atomic E-state index is 13.6. The molecule has 1 spiro atoms. The van der Waals surface area contributed by atoms with Crippen molar-refractivity contribution in [2.24, 2.45) is 5.41 Å². The van der Waals surface area contributed by atoms with Crippen LogP contribution in [0.15, 0.2) is 24.3 Å². The van der Waals surface area contributed by atoms with E-state index in [0.29, 0.717) is 5.41 Å². The molecule has 1 aromatic rings. The summed E-state index contributed by atoms with van der Waals surface area (Å²) in [4.78, 5) is 14.3. The molecule has 1 atom stereocenters. The summed E-state index contributed by atoms with van der Waals surface area (Å²) in [5, 5.41) is 3.42. The van der Waals surface area contributed by atoms with E-state index in [0.717, 1.165) is 39.0 Å². The van der Waals surface area contributed by atoms with Gasteiger partial charge in [0, 0.05) is 19.6 Å². The second kappa shape index (κ2) is 7.49. The zero-order valence-electron chi connectivity index (χ0n) is 13.4. The van der Waals surface area contributed by atoms with E-state index in [2.05, 4.69) is 5.32 Å². The highest BCUT2D eigenvalue weighted by Crippen LogP contribution is 2.37. The van der Waals surface area contributed by atoms with E-state index in [4.69, 9.17) is 4.74 Å². The molecule has 0 aromatic heterocycles. The fraction of sp³-hybridized carbons (Fsp3) is 0.588. The SMILES string of the molecule is CC(Oc1ccccc1F)C(=O)N1CCC2(CCNC2)CC1.Cl. The summed E-state index contributed by atoms with van der Waals surface area (Å²) >= 11 is 0. The molecule has 6 heteroatoms. The third-order valence-corrected chi connectivity index (χ3v) is 4.96. The van der Waals surface area contributed by atoms with Crippen molar-refractivity contribution in [3.63, 3.8) is 0 Å². The first-order valence-corrected chi connectivity index (χ1v) is 8.00. The van der Waals surface area contributed by atoms with Crippen molar-refractivity contribution in [3.05, 3.63) is 30.1 Å². The van der Waals surface area contributed by atoms with Crippen molar-refractivity contribution < 1.29 is 13.9 Å². The lowest BCUT2D eigenvalue weighted by atomic mass is 9.78. The smallest absolute Gasteiger partial charge is 0.263 e. The normalized spacial score (nSPS) is 20.9. The minimum atomic E-state index is -0.660. The molecule has 23 heavy (non-hydrogen) atoms. The molecule has 0 radical (unpaired) electrons. The number of hydrogen-bond acceptors (Lipinski definition) is 3. The number of piperidine rings is 1. The first-order chi connectivity index (χ1) is 10.6.